The lowest BCUT2D eigenvalue weighted by Crippen LogP contribution is -2.23. The maximum Gasteiger partial charge on any atom is 0.433 e. The van der Waals surface area contributed by atoms with E-state index in [0.29, 0.717) is 24.0 Å². The molecule has 37 heavy (non-hydrogen) atoms. The van der Waals surface area contributed by atoms with Crippen LogP contribution < -0.4 is 9.47 Å². The third kappa shape index (κ3) is 9.82. The lowest BCUT2D eigenvalue weighted by Gasteiger charge is -2.27. The van der Waals surface area contributed by atoms with Gasteiger partial charge in [-0.1, -0.05) is 69.2 Å². The van der Waals surface area contributed by atoms with Crippen molar-refractivity contribution in [1.82, 2.24) is 9.97 Å². The molecule has 2 rings (SSSR count). The molecule has 2 aromatic rings. The van der Waals surface area contributed by atoms with Crippen LogP contribution in [0.15, 0.2) is 24.3 Å². The summed E-state index contributed by atoms with van der Waals surface area (Å²) in [4.78, 5) is 8.48. The Hall–Kier alpha value is -2.31. The van der Waals surface area contributed by atoms with Gasteiger partial charge in [0, 0.05) is 17.5 Å². The van der Waals surface area contributed by atoms with Gasteiger partial charge in [0.05, 0.1) is 18.9 Å². The Morgan fingerprint density at radius 3 is 1.84 bits per heavy atom. The molecule has 0 fully saturated rings. The van der Waals surface area contributed by atoms with Gasteiger partial charge in [0.25, 0.3) is 0 Å². The molecule has 1 unspecified atom stereocenters. The fourth-order valence-electron chi connectivity index (χ4n) is 3.71. The van der Waals surface area contributed by atoms with E-state index in [1.165, 1.54) is 5.56 Å². The summed E-state index contributed by atoms with van der Waals surface area (Å²) >= 11 is 0. The predicted molar refractivity (Wildman–Crippen MR) is 144 cm³/mol. The summed E-state index contributed by atoms with van der Waals surface area (Å²) in [5.74, 6) is 1.28. The number of alkyl halides is 3. The second-order valence-electron chi connectivity index (χ2n) is 12.7. The lowest BCUT2D eigenvalue weighted by molar-refractivity contribution is -0.141. The second kappa shape index (κ2) is 12.0. The minimum atomic E-state index is -4.51. The van der Waals surface area contributed by atoms with Crippen LogP contribution >= 0.6 is 0 Å². The van der Waals surface area contributed by atoms with Crippen LogP contribution in [-0.4, -0.2) is 23.2 Å². The monoisotopic (exact) mass is 522 g/mol. The molecule has 0 spiro atoms. The first kappa shape index (κ1) is 30.9. The molecule has 1 atom stereocenters. The summed E-state index contributed by atoms with van der Waals surface area (Å²) in [6, 6.07) is 6.91. The Morgan fingerprint density at radius 2 is 1.30 bits per heavy atom. The fraction of sp³-hybridized carbons (Fsp3) is 0.667. The number of ether oxygens (including phenoxy) is 2. The maximum absolute atomic E-state index is 13.3. The fourth-order valence-corrected chi connectivity index (χ4v) is 3.71. The van der Waals surface area contributed by atoms with Crippen LogP contribution in [0.4, 0.5) is 13.2 Å². The standard InChI is InChI=1S/C30H45F3N2O2/c1-19(2)17-36-26-16-23(14-24(34-26)28(6,7)8)21(5)11-12-29(9,10)18-37-27-15-22(20(3)4)13-25(35-27)30(31,32)33/h13-16,19-21H,11-12,17-18H2,1-10H3. The molecule has 0 amide bonds. The molecule has 0 aliphatic rings. The maximum atomic E-state index is 13.3. The van der Waals surface area contributed by atoms with Crippen LogP contribution in [0.2, 0.25) is 0 Å². The van der Waals surface area contributed by atoms with Gasteiger partial charge >= 0.3 is 6.18 Å². The van der Waals surface area contributed by atoms with Crippen LogP contribution in [0.3, 0.4) is 0 Å². The van der Waals surface area contributed by atoms with E-state index in [1.54, 1.807) is 6.07 Å². The van der Waals surface area contributed by atoms with Crippen molar-refractivity contribution in [2.75, 3.05) is 13.2 Å². The number of hydrogen-bond acceptors (Lipinski definition) is 4. The van der Waals surface area contributed by atoms with E-state index < -0.39 is 11.9 Å². The van der Waals surface area contributed by atoms with E-state index in [4.69, 9.17) is 14.5 Å². The van der Waals surface area contributed by atoms with E-state index in [-0.39, 0.29) is 35.2 Å². The van der Waals surface area contributed by atoms with E-state index in [9.17, 15) is 13.2 Å². The first-order chi connectivity index (χ1) is 16.9. The van der Waals surface area contributed by atoms with Gasteiger partial charge in [-0.3, -0.25) is 0 Å². The number of halogens is 3. The Balaban J connectivity index is 2.12. The van der Waals surface area contributed by atoms with Crippen LogP contribution in [0.25, 0.3) is 0 Å². The minimum absolute atomic E-state index is 0.0237. The van der Waals surface area contributed by atoms with Crippen molar-refractivity contribution in [2.24, 2.45) is 11.3 Å². The molecular formula is C30H45F3N2O2. The van der Waals surface area contributed by atoms with E-state index >= 15 is 0 Å². The average Bonchev–Trinajstić information content (AvgIpc) is 2.78. The molecule has 0 aliphatic heterocycles. The summed E-state index contributed by atoms with van der Waals surface area (Å²) in [6.45, 7) is 21.6. The van der Waals surface area contributed by atoms with Crippen LogP contribution in [0, 0.1) is 11.3 Å². The first-order valence-electron chi connectivity index (χ1n) is 13.2. The Kier molecular flexibility index (Phi) is 10.1. The van der Waals surface area contributed by atoms with Crippen LogP contribution in [0.1, 0.15) is 116 Å². The molecule has 0 saturated heterocycles. The zero-order valence-corrected chi connectivity index (χ0v) is 24.2. The summed E-state index contributed by atoms with van der Waals surface area (Å²) < 4.78 is 51.8. The van der Waals surface area contributed by atoms with Gasteiger partial charge in [-0.25, -0.2) is 9.97 Å². The number of aromatic nitrogens is 2. The number of nitrogens with zero attached hydrogens (tertiary/aromatic N) is 2. The SMILES string of the molecule is CC(C)COc1cc(C(C)CCC(C)(C)COc2cc(C(C)C)cc(C(F)(F)F)n2)cc(C(C)(C)C)n1. The third-order valence-electron chi connectivity index (χ3n) is 6.37. The second-order valence-corrected chi connectivity index (χ2v) is 12.7. The van der Waals surface area contributed by atoms with Gasteiger partial charge in [0.2, 0.25) is 11.8 Å². The largest absolute Gasteiger partial charge is 0.477 e. The van der Waals surface area contributed by atoms with Crippen molar-refractivity contribution in [3.05, 3.63) is 46.8 Å². The quantitative estimate of drug-likeness (QED) is 0.295. The molecular weight excluding hydrogens is 477 g/mol. The summed E-state index contributed by atoms with van der Waals surface area (Å²) in [5, 5.41) is 0. The molecule has 4 nitrogen and oxygen atoms in total. The smallest absolute Gasteiger partial charge is 0.433 e. The zero-order valence-electron chi connectivity index (χ0n) is 24.2. The summed E-state index contributed by atoms with van der Waals surface area (Å²) in [7, 11) is 0. The van der Waals surface area contributed by atoms with Crippen molar-refractivity contribution in [1.29, 1.82) is 0 Å². The number of hydrogen-bond donors (Lipinski definition) is 0. The third-order valence-corrected chi connectivity index (χ3v) is 6.37. The van der Waals surface area contributed by atoms with Crippen molar-refractivity contribution in [3.8, 4) is 11.8 Å². The molecule has 7 heteroatoms. The molecule has 2 aromatic heterocycles. The normalized spacial score (nSPS) is 13.8. The van der Waals surface area contributed by atoms with E-state index in [1.807, 2.05) is 19.9 Å². The molecule has 0 aromatic carbocycles. The van der Waals surface area contributed by atoms with Crippen LogP contribution in [0.5, 0.6) is 11.8 Å². The highest BCUT2D eigenvalue weighted by molar-refractivity contribution is 5.31. The lowest BCUT2D eigenvalue weighted by atomic mass is 9.83. The molecule has 2 heterocycles. The Morgan fingerprint density at radius 1 is 0.757 bits per heavy atom. The minimum Gasteiger partial charge on any atom is -0.477 e. The average molecular weight is 523 g/mol. The highest BCUT2D eigenvalue weighted by Gasteiger charge is 2.34. The molecule has 0 bridgehead atoms. The molecule has 0 radical (unpaired) electrons. The van der Waals surface area contributed by atoms with Gasteiger partial charge in [-0.15, -0.1) is 0 Å². The van der Waals surface area contributed by atoms with E-state index in [0.717, 1.165) is 24.6 Å². The molecule has 208 valence electrons. The van der Waals surface area contributed by atoms with Gasteiger partial charge in [0.15, 0.2) is 0 Å². The molecule has 0 N–H and O–H groups in total. The number of pyridine rings is 2. The van der Waals surface area contributed by atoms with Gasteiger partial charge in [0.1, 0.15) is 5.69 Å². The number of rotatable bonds is 11. The van der Waals surface area contributed by atoms with Crippen molar-refractivity contribution in [2.45, 2.75) is 106 Å². The highest BCUT2D eigenvalue weighted by atomic mass is 19.4. The highest BCUT2D eigenvalue weighted by Crippen LogP contribution is 2.35. The Labute approximate surface area is 221 Å². The van der Waals surface area contributed by atoms with Crippen molar-refractivity contribution in [3.63, 3.8) is 0 Å². The molecule has 0 aliphatic carbocycles. The van der Waals surface area contributed by atoms with E-state index in [2.05, 4.69) is 66.4 Å². The van der Waals surface area contributed by atoms with Gasteiger partial charge in [-0.2, -0.15) is 13.2 Å². The van der Waals surface area contributed by atoms with Gasteiger partial charge < -0.3 is 9.47 Å². The van der Waals surface area contributed by atoms with Gasteiger partial charge in [-0.05, 0) is 59.3 Å². The summed E-state index contributed by atoms with van der Waals surface area (Å²) in [5.41, 5.74) is 1.46. The zero-order chi connectivity index (χ0) is 28.2. The van der Waals surface area contributed by atoms with Crippen molar-refractivity contribution < 1.29 is 22.6 Å². The first-order valence-corrected chi connectivity index (χ1v) is 13.2. The Bertz CT molecular complexity index is 1020. The topological polar surface area (TPSA) is 44.2 Å². The van der Waals surface area contributed by atoms with Crippen molar-refractivity contribution >= 4 is 0 Å². The van der Waals surface area contributed by atoms with Crippen LogP contribution in [-0.2, 0) is 11.6 Å². The molecule has 0 saturated carbocycles. The predicted octanol–water partition coefficient (Wildman–Crippen LogP) is 8.94. The summed E-state index contributed by atoms with van der Waals surface area (Å²) in [6.07, 6.45) is -2.79.